The molecule has 1 aliphatic rings. The van der Waals surface area contributed by atoms with Crippen molar-refractivity contribution in [3.63, 3.8) is 0 Å². The fourth-order valence-corrected chi connectivity index (χ4v) is 5.87. The van der Waals surface area contributed by atoms with Crippen molar-refractivity contribution in [1.29, 1.82) is 0 Å². The van der Waals surface area contributed by atoms with Crippen LogP contribution in [-0.4, -0.2) is 87.5 Å². The molecule has 1 atom stereocenters. The lowest BCUT2D eigenvalue weighted by Gasteiger charge is -2.40. The number of benzene rings is 2. The Morgan fingerprint density at radius 1 is 0.952 bits per heavy atom. The van der Waals surface area contributed by atoms with Crippen molar-refractivity contribution in [3.8, 4) is 11.4 Å². The predicted molar refractivity (Wildman–Crippen MR) is 161 cm³/mol. The lowest BCUT2D eigenvalue weighted by atomic mass is 10.1. The Labute approximate surface area is 251 Å². The zero-order valence-corrected chi connectivity index (χ0v) is 25.3. The summed E-state index contributed by atoms with van der Waals surface area (Å²) < 4.78 is 12.3. The van der Waals surface area contributed by atoms with Crippen LogP contribution < -0.4 is 4.74 Å². The molecule has 0 N–H and O–H groups in total. The molecule has 224 valence electrons. The molecule has 0 radical (unpaired) electrons. The van der Waals surface area contributed by atoms with E-state index in [0.717, 1.165) is 28.0 Å². The average molecular weight is 594 g/mol. The molecule has 0 saturated carbocycles. The summed E-state index contributed by atoms with van der Waals surface area (Å²) in [5.74, 6) is 1.98. The summed E-state index contributed by atoms with van der Waals surface area (Å²) in [5.41, 5.74) is 2.10. The Morgan fingerprint density at radius 2 is 1.71 bits per heavy atom. The second-order valence-corrected chi connectivity index (χ2v) is 11.2. The van der Waals surface area contributed by atoms with Crippen LogP contribution in [0.25, 0.3) is 5.69 Å². The Bertz CT molecular complexity index is 1330. The molecule has 1 aliphatic heterocycles. The van der Waals surface area contributed by atoms with E-state index in [1.54, 1.807) is 30.7 Å². The Morgan fingerprint density at radius 3 is 2.40 bits per heavy atom. The first kappa shape index (κ1) is 31.1. The normalized spacial score (nSPS) is 15.0. The van der Waals surface area contributed by atoms with E-state index < -0.39 is 0 Å². The summed E-state index contributed by atoms with van der Waals surface area (Å²) in [6.45, 7) is 5.45. The van der Waals surface area contributed by atoms with E-state index in [1.165, 1.54) is 0 Å². The second-order valence-electron chi connectivity index (χ2n) is 10.1. The second kappa shape index (κ2) is 15.4. The molecule has 0 spiro atoms. The van der Waals surface area contributed by atoms with Gasteiger partial charge in [0, 0.05) is 56.4 Å². The monoisotopic (exact) mass is 593 g/mol. The van der Waals surface area contributed by atoms with Crippen LogP contribution in [0.4, 0.5) is 0 Å². The number of amides is 2. The lowest BCUT2D eigenvalue weighted by molar-refractivity contribution is -0.147. The van der Waals surface area contributed by atoms with Crippen molar-refractivity contribution in [2.24, 2.45) is 0 Å². The molecule has 1 unspecified atom stereocenters. The average Bonchev–Trinajstić information content (AvgIpc) is 3.40. The molecule has 42 heavy (non-hydrogen) atoms. The summed E-state index contributed by atoms with van der Waals surface area (Å²) in [4.78, 5) is 40.8. The van der Waals surface area contributed by atoms with Crippen molar-refractivity contribution < 1.29 is 23.9 Å². The maximum absolute atomic E-state index is 13.0. The van der Waals surface area contributed by atoms with Crippen LogP contribution in [0, 0.1) is 0 Å². The first-order chi connectivity index (χ1) is 20.4. The van der Waals surface area contributed by atoms with Crippen LogP contribution in [0.1, 0.15) is 50.9 Å². The van der Waals surface area contributed by atoms with Gasteiger partial charge in [-0.2, -0.15) is 0 Å². The molecule has 0 bridgehead atoms. The number of carbonyl (C=O) groups excluding carboxylic acids is 3. The number of hydrogen-bond acceptors (Lipinski definition) is 8. The highest BCUT2D eigenvalue weighted by Crippen LogP contribution is 2.26. The number of carbonyl (C=O) groups is 3. The largest absolute Gasteiger partial charge is 0.497 e. The Balaban J connectivity index is 1.30. The topological polar surface area (TPSA) is 107 Å². The van der Waals surface area contributed by atoms with E-state index in [4.69, 9.17) is 9.47 Å². The number of thioether (sulfide) groups is 1. The van der Waals surface area contributed by atoms with Crippen molar-refractivity contribution in [2.45, 2.75) is 57.1 Å². The van der Waals surface area contributed by atoms with Gasteiger partial charge in [0.25, 0.3) is 0 Å². The zero-order valence-electron chi connectivity index (χ0n) is 24.5. The molecule has 3 aromatic rings. The van der Waals surface area contributed by atoms with Crippen LogP contribution in [0.5, 0.6) is 5.75 Å². The molecule has 1 fully saturated rings. The molecule has 2 amide bonds. The number of hydrogen-bond donors (Lipinski definition) is 0. The molecule has 11 heteroatoms. The number of nitrogens with zero attached hydrogens (tertiary/aromatic N) is 5. The van der Waals surface area contributed by atoms with Crippen LogP contribution in [-0.2, 0) is 25.5 Å². The number of methoxy groups -OCH3 is 1. The molecule has 10 nitrogen and oxygen atoms in total. The number of esters is 1. The molecule has 1 aromatic heterocycles. The van der Waals surface area contributed by atoms with E-state index in [9.17, 15) is 14.4 Å². The molecule has 1 saturated heterocycles. The Hall–Kier alpha value is -3.86. The first-order valence-corrected chi connectivity index (χ1v) is 15.4. The van der Waals surface area contributed by atoms with Crippen LogP contribution in [0.2, 0.25) is 0 Å². The number of piperazine rings is 1. The van der Waals surface area contributed by atoms with Gasteiger partial charge in [0.2, 0.25) is 11.8 Å². The summed E-state index contributed by atoms with van der Waals surface area (Å²) >= 11 is 1.58. The van der Waals surface area contributed by atoms with Gasteiger partial charge in [0.15, 0.2) is 5.16 Å². The highest BCUT2D eigenvalue weighted by Gasteiger charge is 2.29. The fraction of sp³-hybridized carbons (Fsp3) is 0.452. The van der Waals surface area contributed by atoms with Gasteiger partial charge in [-0.3, -0.25) is 19.0 Å². The SMILES string of the molecule is CCOC(=O)CCC(=O)N1CCN(C(=O)CCCSc2nnc(Cc3ccccc3)n2-c2ccc(OC)cc2)CC1C. The van der Waals surface area contributed by atoms with Crippen LogP contribution in [0.15, 0.2) is 59.8 Å². The smallest absolute Gasteiger partial charge is 0.306 e. The van der Waals surface area contributed by atoms with Crippen molar-refractivity contribution >= 4 is 29.5 Å². The quantitative estimate of drug-likeness (QED) is 0.165. The van der Waals surface area contributed by atoms with Gasteiger partial charge in [-0.05, 0) is 50.1 Å². The van der Waals surface area contributed by atoms with E-state index in [-0.39, 0.29) is 36.7 Å². The first-order valence-electron chi connectivity index (χ1n) is 14.4. The minimum atomic E-state index is -0.361. The van der Waals surface area contributed by atoms with Gasteiger partial charge in [0.1, 0.15) is 11.6 Å². The fourth-order valence-electron chi connectivity index (χ4n) is 4.96. The molecule has 4 rings (SSSR count). The minimum absolute atomic E-state index is 0.0772. The van der Waals surface area contributed by atoms with Gasteiger partial charge in [-0.25, -0.2) is 0 Å². The Kier molecular flexibility index (Phi) is 11.4. The highest BCUT2D eigenvalue weighted by molar-refractivity contribution is 7.99. The van der Waals surface area contributed by atoms with E-state index >= 15 is 0 Å². The molecular weight excluding hydrogens is 554 g/mol. The third kappa shape index (κ3) is 8.34. The lowest BCUT2D eigenvalue weighted by Crippen LogP contribution is -2.55. The minimum Gasteiger partial charge on any atom is -0.497 e. The van der Waals surface area contributed by atoms with Crippen LogP contribution in [0.3, 0.4) is 0 Å². The summed E-state index contributed by atoms with van der Waals surface area (Å²) in [7, 11) is 1.64. The van der Waals surface area contributed by atoms with E-state index in [0.29, 0.717) is 51.3 Å². The van der Waals surface area contributed by atoms with Crippen molar-refractivity contribution in [1.82, 2.24) is 24.6 Å². The molecule has 0 aliphatic carbocycles. The molecule has 2 aromatic carbocycles. The molecular formula is C31H39N5O5S. The zero-order chi connectivity index (χ0) is 29.9. The third-order valence-electron chi connectivity index (χ3n) is 7.15. The van der Waals surface area contributed by atoms with Crippen molar-refractivity contribution in [2.75, 3.05) is 39.1 Å². The summed E-state index contributed by atoms with van der Waals surface area (Å²) in [6.07, 6.45) is 1.97. The van der Waals surface area contributed by atoms with Gasteiger partial charge in [0.05, 0.1) is 20.1 Å². The van der Waals surface area contributed by atoms with E-state index in [1.807, 2.05) is 54.3 Å². The van der Waals surface area contributed by atoms with Gasteiger partial charge in [-0.15, -0.1) is 10.2 Å². The maximum atomic E-state index is 13.0. The van der Waals surface area contributed by atoms with Crippen molar-refractivity contribution in [3.05, 3.63) is 66.0 Å². The van der Waals surface area contributed by atoms with Gasteiger partial charge in [-0.1, -0.05) is 42.1 Å². The standard InChI is InChI=1S/C31H39N5O5S/c1-4-41-30(39)17-16-29(38)35-19-18-34(22-23(35)2)28(37)11-8-20-42-31-33-32-27(21-24-9-6-5-7-10-24)36(31)25-12-14-26(40-3)15-13-25/h5-7,9-10,12-15,23H,4,8,11,16-22H2,1-3H3. The summed E-state index contributed by atoms with van der Waals surface area (Å²) in [5, 5.41) is 9.78. The van der Waals surface area contributed by atoms with Gasteiger partial charge >= 0.3 is 5.97 Å². The van der Waals surface area contributed by atoms with E-state index in [2.05, 4.69) is 26.9 Å². The number of rotatable bonds is 13. The summed E-state index contributed by atoms with van der Waals surface area (Å²) in [6, 6.07) is 17.9. The molecule has 2 heterocycles. The van der Waals surface area contributed by atoms with Gasteiger partial charge < -0.3 is 19.3 Å². The highest BCUT2D eigenvalue weighted by atomic mass is 32.2. The number of aromatic nitrogens is 3. The maximum Gasteiger partial charge on any atom is 0.306 e. The third-order valence-corrected chi connectivity index (χ3v) is 8.17. The van der Waals surface area contributed by atoms with Crippen LogP contribution >= 0.6 is 11.8 Å². The number of ether oxygens (including phenoxy) is 2. The predicted octanol–water partition coefficient (Wildman–Crippen LogP) is 4.14.